The highest BCUT2D eigenvalue weighted by molar-refractivity contribution is 5.50. The molecule has 1 fully saturated rings. The van der Waals surface area contributed by atoms with Gasteiger partial charge in [0.15, 0.2) is 11.5 Å². The second kappa shape index (κ2) is 4.65. The highest BCUT2D eigenvalue weighted by atomic mass is 16.7. The maximum Gasteiger partial charge on any atom is 0.231 e. The van der Waals surface area contributed by atoms with Crippen LogP contribution in [0.15, 0.2) is 24.0 Å². The molecule has 1 N–H and O–H groups in total. The van der Waals surface area contributed by atoms with Gasteiger partial charge in [-0.25, -0.2) is 0 Å². The fourth-order valence-electron chi connectivity index (χ4n) is 4.91. The third kappa shape index (κ3) is 1.75. The van der Waals surface area contributed by atoms with Crippen molar-refractivity contribution in [2.45, 2.75) is 37.5 Å². The molecule has 1 aliphatic carbocycles. The summed E-state index contributed by atoms with van der Waals surface area (Å²) in [4.78, 5) is 2.51. The predicted octanol–water partition coefficient (Wildman–Crippen LogP) is 1.83. The Bertz CT molecular complexity index is 701. The van der Waals surface area contributed by atoms with Gasteiger partial charge in [0.1, 0.15) is 11.9 Å². The minimum absolute atomic E-state index is 0.0735. The van der Waals surface area contributed by atoms with Crippen LogP contribution in [0.2, 0.25) is 0 Å². The Kier molecular flexibility index (Phi) is 2.77. The summed E-state index contributed by atoms with van der Waals surface area (Å²) in [5, 5.41) is 10.8. The molecule has 5 nitrogen and oxygen atoms in total. The van der Waals surface area contributed by atoms with Crippen LogP contribution < -0.4 is 9.47 Å². The van der Waals surface area contributed by atoms with E-state index in [1.807, 2.05) is 0 Å². The predicted molar refractivity (Wildman–Crippen MR) is 83.2 cm³/mol. The van der Waals surface area contributed by atoms with Crippen LogP contribution in [0.3, 0.4) is 0 Å². The molecule has 3 unspecified atom stereocenters. The highest BCUT2D eigenvalue weighted by Gasteiger charge is 2.55. The lowest BCUT2D eigenvalue weighted by atomic mass is 9.80. The third-order valence-corrected chi connectivity index (χ3v) is 6.03. The van der Waals surface area contributed by atoms with Crippen LogP contribution >= 0.6 is 0 Å². The molecule has 0 amide bonds. The van der Waals surface area contributed by atoms with Crippen molar-refractivity contribution in [2.24, 2.45) is 5.92 Å². The number of hydrogen-bond acceptors (Lipinski definition) is 5. The summed E-state index contributed by atoms with van der Waals surface area (Å²) < 4.78 is 16.5. The third-order valence-electron chi connectivity index (χ3n) is 6.03. The molecule has 3 heterocycles. The van der Waals surface area contributed by atoms with Crippen molar-refractivity contribution in [2.75, 3.05) is 20.4 Å². The van der Waals surface area contributed by atoms with Crippen molar-refractivity contribution in [3.63, 3.8) is 0 Å². The molecule has 23 heavy (non-hydrogen) atoms. The summed E-state index contributed by atoms with van der Waals surface area (Å²) in [7, 11) is 1.65. The second-order valence-electron chi connectivity index (χ2n) is 7.00. The number of methoxy groups -OCH3 is 1. The first kappa shape index (κ1) is 13.7. The molecular formula is C18H21NO4. The Labute approximate surface area is 135 Å². The first-order valence-electron chi connectivity index (χ1n) is 8.32. The Hall–Kier alpha value is -1.72. The standard InChI is InChI=1S/C18H21NO4/c1-21-16-8-18-3-2-4-19(18)9-12-7-15-14(22-10-23-15)6-11(12)5-13(18)17(16)20/h6-8,13,17,20H,2-5,9-10H2,1H3. The zero-order chi connectivity index (χ0) is 15.6. The van der Waals surface area contributed by atoms with E-state index in [-0.39, 0.29) is 11.5 Å². The number of aliphatic hydroxyl groups is 1. The number of fused-ring (bicyclic) bond motifs is 2. The van der Waals surface area contributed by atoms with Crippen molar-refractivity contribution in [1.82, 2.24) is 4.90 Å². The molecule has 0 bridgehead atoms. The van der Waals surface area contributed by atoms with Crippen LogP contribution in [0, 0.1) is 5.92 Å². The maximum absolute atomic E-state index is 10.8. The zero-order valence-corrected chi connectivity index (χ0v) is 13.2. The van der Waals surface area contributed by atoms with Gasteiger partial charge in [-0.05, 0) is 55.1 Å². The largest absolute Gasteiger partial charge is 0.499 e. The summed E-state index contributed by atoms with van der Waals surface area (Å²) in [6, 6.07) is 4.23. The molecule has 1 saturated heterocycles. The van der Waals surface area contributed by atoms with Crippen LogP contribution in [0.4, 0.5) is 0 Å². The molecule has 0 radical (unpaired) electrons. The topological polar surface area (TPSA) is 51.2 Å². The average molecular weight is 315 g/mol. The van der Waals surface area contributed by atoms with Gasteiger partial charge in [0.25, 0.3) is 0 Å². The molecule has 1 aromatic carbocycles. The fourth-order valence-corrected chi connectivity index (χ4v) is 4.91. The fraction of sp³-hybridized carbons (Fsp3) is 0.556. The summed E-state index contributed by atoms with van der Waals surface area (Å²) in [6.07, 6.45) is 4.74. The van der Waals surface area contributed by atoms with Crippen LogP contribution in [-0.2, 0) is 17.7 Å². The summed E-state index contributed by atoms with van der Waals surface area (Å²) in [5.41, 5.74) is 2.48. The monoisotopic (exact) mass is 315 g/mol. The van der Waals surface area contributed by atoms with E-state index in [4.69, 9.17) is 14.2 Å². The molecule has 1 spiro atoms. The van der Waals surface area contributed by atoms with Crippen molar-refractivity contribution < 1.29 is 19.3 Å². The van der Waals surface area contributed by atoms with Gasteiger partial charge < -0.3 is 19.3 Å². The SMILES string of the molecule is COC1=CC23CCCN2Cc2cc4c(cc2CC3C1O)OCO4. The first-order chi connectivity index (χ1) is 11.2. The number of rotatable bonds is 1. The molecule has 4 aliphatic rings. The minimum atomic E-state index is -0.531. The lowest BCUT2D eigenvalue weighted by Crippen LogP contribution is -2.47. The van der Waals surface area contributed by atoms with E-state index in [9.17, 15) is 5.11 Å². The minimum Gasteiger partial charge on any atom is -0.499 e. The van der Waals surface area contributed by atoms with Gasteiger partial charge in [-0.3, -0.25) is 4.90 Å². The molecule has 0 aromatic heterocycles. The van der Waals surface area contributed by atoms with Gasteiger partial charge in [-0.15, -0.1) is 0 Å². The Balaban J connectivity index is 1.62. The van der Waals surface area contributed by atoms with Gasteiger partial charge in [0.2, 0.25) is 6.79 Å². The van der Waals surface area contributed by atoms with Gasteiger partial charge >= 0.3 is 0 Å². The van der Waals surface area contributed by atoms with E-state index in [2.05, 4.69) is 23.1 Å². The van der Waals surface area contributed by atoms with Gasteiger partial charge in [0.05, 0.1) is 7.11 Å². The Morgan fingerprint density at radius 2 is 2.04 bits per heavy atom. The molecule has 1 aromatic rings. The quantitative estimate of drug-likeness (QED) is 0.857. The van der Waals surface area contributed by atoms with Crippen LogP contribution in [0.1, 0.15) is 24.0 Å². The van der Waals surface area contributed by atoms with Crippen molar-refractivity contribution >= 4 is 0 Å². The van der Waals surface area contributed by atoms with Crippen molar-refractivity contribution in [3.05, 3.63) is 35.1 Å². The molecular weight excluding hydrogens is 294 g/mol. The molecule has 5 rings (SSSR count). The number of benzene rings is 1. The molecule has 0 saturated carbocycles. The van der Waals surface area contributed by atoms with E-state index < -0.39 is 6.10 Å². The van der Waals surface area contributed by atoms with Gasteiger partial charge in [-0.2, -0.15) is 0 Å². The Morgan fingerprint density at radius 3 is 2.83 bits per heavy atom. The normalized spacial score (nSPS) is 34.4. The van der Waals surface area contributed by atoms with E-state index in [0.29, 0.717) is 6.79 Å². The molecule has 122 valence electrons. The Morgan fingerprint density at radius 1 is 1.26 bits per heavy atom. The number of ether oxygens (including phenoxy) is 3. The lowest BCUT2D eigenvalue weighted by molar-refractivity contribution is 0.0380. The molecule has 5 heteroatoms. The number of aliphatic hydroxyl groups excluding tert-OH is 1. The number of hydrogen-bond donors (Lipinski definition) is 1. The van der Waals surface area contributed by atoms with E-state index >= 15 is 0 Å². The zero-order valence-electron chi connectivity index (χ0n) is 13.2. The van der Waals surface area contributed by atoms with Crippen LogP contribution in [0.25, 0.3) is 0 Å². The molecule has 3 atom stereocenters. The summed E-state index contributed by atoms with van der Waals surface area (Å²) in [6.45, 7) is 2.25. The maximum atomic E-state index is 10.8. The van der Waals surface area contributed by atoms with Gasteiger partial charge in [-0.1, -0.05) is 0 Å². The lowest BCUT2D eigenvalue weighted by Gasteiger charge is -2.37. The van der Waals surface area contributed by atoms with Crippen molar-refractivity contribution in [3.8, 4) is 11.5 Å². The second-order valence-corrected chi connectivity index (χ2v) is 7.00. The van der Waals surface area contributed by atoms with Crippen LogP contribution in [0.5, 0.6) is 11.5 Å². The number of nitrogens with zero attached hydrogens (tertiary/aromatic N) is 1. The average Bonchev–Trinajstić information content (AvgIpc) is 3.21. The van der Waals surface area contributed by atoms with Gasteiger partial charge in [0, 0.05) is 18.0 Å². The van der Waals surface area contributed by atoms with E-state index in [0.717, 1.165) is 49.6 Å². The summed E-state index contributed by atoms with van der Waals surface area (Å²) in [5.74, 6) is 2.54. The van der Waals surface area contributed by atoms with E-state index in [1.165, 1.54) is 11.1 Å². The summed E-state index contributed by atoms with van der Waals surface area (Å²) >= 11 is 0. The van der Waals surface area contributed by atoms with Crippen molar-refractivity contribution in [1.29, 1.82) is 0 Å². The smallest absolute Gasteiger partial charge is 0.231 e. The highest BCUT2D eigenvalue weighted by Crippen LogP contribution is 2.51. The van der Waals surface area contributed by atoms with E-state index in [1.54, 1.807) is 7.11 Å². The first-order valence-corrected chi connectivity index (χ1v) is 8.32. The molecule has 3 aliphatic heterocycles. The van der Waals surface area contributed by atoms with Crippen LogP contribution in [-0.4, -0.2) is 42.1 Å².